The van der Waals surface area contributed by atoms with Gasteiger partial charge in [0.15, 0.2) is 0 Å². The normalized spacial score (nSPS) is 8.62. The molecule has 1 rings (SSSR count). The average Bonchev–Trinajstić information content (AvgIpc) is 1.93. The largest absolute Gasteiger partial charge is 2.00 e. The van der Waals surface area contributed by atoms with Crippen LogP contribution in [0.4, 0.5) is 0 Å². The van der Waals surface area contributed by atoms with Gasteiger partial charge < -0.3 is 21.7 Å². The summed E-state index contributed by atoms with van der Waals surface area (Å²) in [5, 5.41) is 0. The van der Waals surface area contributed by atoms with E-state index in [9.17, 15) is 0 Å². The van der Waals surface area contributed by atoms with E-state index in [1.54, 1.807) is 0 Å². The minimum atomic E-state index is 0. The summed E-state index contributed by atoms with van der Waals surface area (Å²) in [6.45, 7) is 6.07. The fourth-order valence-electron chi connectivity index (χ4n) is 0.886. The summed E-state index contributed by atoms with van der Waals surface area (Å²) in [6, 6.07) is 8.73. The molecule has 1 aromatic carbocycles. The molecule has 0 bridgehead atoms. The maximum absolute atomic E-state index is 5.52. The quantitative estimate of drug-likeness (QED) is 0.496. The summed E-state index contributed by atoms with van der Waals surface area (Å²) in [5.74, 6) is 0.957. The van der Waals surface area contributed by atoms with Gasteiger partial charge in [-0.2, -0.15) is 18.2 Å². The predicted molar refractivity (Wildman–Crippen MR) is 51.5 cm³/mol. The first-order valence-corrected chi connectivity index (χ1v) is 3.83. The molecule has 0 amide bonds. The molecule has 0 heterocycles. The van der Waals surface area contributed by atoms with E-state index in [1.165, 1.54) is 0 Å². The van der Waals surface area contributed by atoms with Crippen molar-refractivity contribution < 1.29 is 21.7 Å². The van der Waals surface area contributed by atoms with Gasteiger partial charge in [0.2, 0.25) is 0 Å². The van der Waals surface area contributed by atoms with Crippen molar-refractivity contribution in [2.45, 2.75) is 26.9 Å². The van der Waals surface area contributed by atoms with Gasteiger partial charge >= 0.3 is 23.1 Å². The van der Waals surface area contributed by atoms with Crippen LogP contribution in [0, 0.1) is 13.0 Å². The molecule has 0 aromatic heterocycles. The number of ether oxygens (including phenoxy) is 1. The van der Waals surface area contributed by atoms with Crippen molar-refractivity contribution in [3.8, 4) is 5.75 Å². The van der Waals surface area contributed by atoms with Crippen LogP contribution in [0.5, 0.6) is 5.75 Å². The van der Waals surface area contributed by atoms with E-state index in [0.717, 1.165) is 11.3 Å². The van der Waals surface area contributed by atoms with E-state index in [4.69, 9.17) is 4.74 Å². The zero-order valence-electron chi connectivity index (χ0n) is 8.30. The van der Waals surface area contributed by atoms with E-state index in [1.807, 2.05) is 39.0 Å². The number of benzene rings is 1. The van der Waals surface area contributed by atoms with Crippen LogP contribution in [0.2, 0.25) is 0 Å². The number of hydrogen-bond acceptors (Lipinski definition) is 1. The molecule has 0 aliphatic carbocycles. The van der Waals surface area contributed by atoms with E-state index in [0.29, 0.717) is 0 Å². The molecule has 68 valence electrons. The number of hydrogen-bond donors (Lipinski definition) is 0. The van der Waals surface area contributed by atoms with Crippen molar-refractivity contribution in [1.82, 2.24) is 0 Å². The van der Waals surface area contributed by atoms with E-state index < -0.39 is 0 Å². The molecule has 0 spiro atoms. The standard InChI is InChI=1S/C10H13O.BrH.Mg/c1-8(2)11-10-7-5-4-6-9(10)3;;/h5-8H,1-3H3;1H;/q-1;;+2/p-1. The molecule has 0 aliphatic heterocycles. The summed E-state index contributed by atoms with van der Waals surface area (Å²) in [4.78, 5) is 0. The molecule has 1 aromatic rings. The Morgan fingerprint density at radius 3 is 2.46 bits per heavy atom. The maximum atomic E-state index is 5.52. The van der Waals surface area contributed by atoms with Gasteiger partial charge in [-0.05, 0) is 13.8 Å². The van der Waals surface area contributed by atoms with Gasteiger partial charge in [0.1, 0.15) is 0 Å². The Balaban J connectivity index is 0. The molecule has 0 radical (unpaired) electrons. The first-order chi connectivity index (χ1) is 5.20. The maximum Gasteiger partial charge on any atom is 2.00 e. The third-order valence-electron chi connectivity index (χ3n) is 1.38. The van der Waals surface area contributed by atoms with Crippen LogP contribution in [0.25, 0.3) is 0 Å². The first kappa shape index (κ1) is 15.7. The van der Waals surface area contributed by atoms with Crippen molar-refractivity contribution in [3.63, 3.8) is 0 Å². The molecule has 0 unspecified atom stereocenters. The van der Waals surface area contributed by atoms with Crippen molar-refractivity contribution in [3.05, 3.63) is 29.8 Å². The molecule has 13 heavy (non-hydrogen) atoms. The van der Waals surface area contributed by atoms with Gasteiger partial charge in [-0.25, -0.2) is 0 Å². The van der Waals surface area contributed by atoms with E-state index in [-0.39, 0.29) is 46.1 Å². The third-order valence-corrected chi connectivity index (χ3v) is 1.38. The van der Waals surface area contributed by atoms with Gasteiger partial charge in [0.25, 0.3) is 0 Å². The number of aryl methyl sites for hydroxylation is 1. The van der Waals surface area contributed by atoms with E-state index in [2.05, 4.69) is 6.07 Å². The number of halogens is 1. The zero-order chi connectivity index (χ0) is 8.27. The SMILES string of the molecule is Cc1c[c-]ccc1OC(C)C.[Br-].[Mg+2]. The van der Waals surface area contributed by atoms with Gasteiger partial charge in [0.05, 0.1) is 6.10 Å². The molecule has 0 aliphatic rings. The summed E-state index contributed by atoms with van der Waals surface area (Å²) in [7, 11) is 0. The molecule has 0 saturated carbocycles. The minimum absolute atomic E-state index is 0. The Morgan fingerprint density at radius 2 is 2.00 bits per heavy atom. The molecule has 0 N–H and O–H groups in total. The van der Waals surface area contributed by atoms with Crippen molar-refractivity contribution in [1.29, 1.82) is 0 Å². The van der Waals surface area contributed by atoms with Crippen LogP contribution in [0.15, 0.2) is 18.2 Å². The topological polar surface area (TPSA) is 9.23 Å². The Kier molecular flexibility index (Phi) is 9.25. The second kappa shape index (κ2) is 7.65. The molecular formula is C10H13BrMgO. The molecule has 0 atom stereocenters. The zero-order valence-corrected chi connectivity index (χ0v) is 11.3. The van der Waals surface area contributed by atoms with Crippen LogP contribution in [-0.4, -0.2) is 29.2 Å². The summed E-state index contributed by atoms with van der Waals surface area (Å²) in [5.41, 5.74) is 1.14. The van der Waals surface area contributed by atoms with Gasteiger partial charge in [-0.1, -0.05) is 6.92 Å². The van der Waals surface area contributed by atoms with Gasteiger partial charge in [0, 0.05) is 5.75 Å². The van der Waals surface area contributed by atoms with E-state index >= 15 is 0 Å². The first-order valence-electron chi connectivity index (χ1n) is 3.83. The minimum Gasteiger partial charge on any atom is -1.00 e. The summed E-state index contributed by atoms with van der Waals surface area (Å²) >= 11 is 0. The smallest absolute Gasteiger partial charge is 1.00 e. The van der Waals surface area contributed by atoms with Crippen LogP contribution in [-0.2, 0) is 0 Å². The molecule has 1 nitrogen and oxygen atoms in total. The average molecular weight is 253 g/mol. The van der Waals surface area contributed by atoms with Crippen LogP contribution < -0.4 is 21.7 Å². The second-order valence-corrected chi connectivity index (χ2v) is 2.86. The Morgan fingerprint density at radius 1 is 1.38 bits per heavy atom. The van der Waals surface area contributed by atoms with Crippen molar-refractivity contribution in [2.75, 3.05) is 0 Å². The Bertz CT molecular complexity index is 238. The third kappa shape index (κ3) is 5.55. The summed E-state index contributed by atoms with van der Waals surface area (Å²) < 4.78 is 5.52. The van der Waals surface area contributed by atoms with Crippen LogP contribution in [0.1, 0.15) is 19.4 Å². The fraction of sp³-hybridized carbons (Fsp3) is 0.400. The Hall–Kier alpha value is 0.266. The molecule has 0 saturated heterocycles. The number of rotatable bonds is 2. The molecular weight excluding hydrogens is 240 g/mol. The van der Waals surface area contributed by atoms with Crippen molar-refractivity contribution in [2.24, 2.45) is 0 Å². The molecule has 0 fully saturated rings. The Labute approximate surface area is 107 Å². The van der Waals surface area contributed by atoms with Crippen LogP contribution in [0.3, 0.4) is 0 Å². The van der Waals surface area contributed by atoms with Crippen LogP contribution >= 0.6 is 0 Å². The second-order valence-electron chi connectivity index (χ2n) is 2.86. The van der Waals surface area contributed by atoms with Gasteiger partial charge in [-0.3, -0.25) is 0 Å². The molecule has 3 heteroatoms. The fourth-order valence-corrected chi connectivity index (χ4v) is 0.886. The predicted octanol–water partition coefficient (Wildman–Crippen LogP) is -0.794. The monoisotopic (exact) mass is 252 g/mol. The summed E-state index contributed by atoms with van der Waals surface area (Å²) in [6.07, 6.45) is 0.246. The van der Waals surface area contributed by atoms with Crippen molar-refractivity contribution >= 4 is 23.1 Å². The van der Waals surface area contributed by atoms with Gasteiger partial charge in [-0.15, -0.1) is 11.6 Å².